The highest BCUT2D eigenvalue weighted by Gasteiger charge is 2.30. The summed E-state index contributed by atoms with van der Waals surface area (Å²) in [4.78, 5) is 6.84. The third-order valence-electron chi connectivity index (χ3n) is 6.94. The zero-order valence-electron chi connectivity index (χ0n) is 19.6. The van der Waals surface area contributed by atoms with Gasteiger partial charge in [0.1, 0.15) is 23.9 Å². The van der Waals surface area contributed by atoms with Gasteiger partial charge in [-0.05, 0) is 48.4 Å². The van der Waals surface area contributed by atoms with E-state index in [1.165, 1.54) is 0 Å². The summed E-state index contributed by atoms with van der Waals surface area (Å²) < 4.78 is 25.1. The smallest absolute Gasteiger partial charge is 0.150 e. The summed E-state index contributed by atoms with van der Waals surface area (Å²) in [5, 5.41) is 10.9. The Hall–Kier alpha value is -3.64. The molecule has 0 aliphatic carbocycles. The summed E-state index contributed by atoms with van der Waals surface area (Å²) in [5.74, 6) is 2.02. The number of ether oxygens (including phenoxy) is 2. The first kappa shape index (κ1) is 21.9. The van der Waals surface area contributed by atoms with E-state index in [-0.39, 0.29) is 24.4 Å². The van der Waals surface area contributed by atoms with Gasteiger partial charge in [-0.25, -0.2) is 0 Å². The second kappa shape index (κ2) is 8.86. The number of hydrogen-bond donors (Lipinski definition) is 1. The number of nitrogens with zero attached hydrogens (tertiary/aromatic N) is 2. The minimum Gasteiger partial charge on any atom is -0.508 e. The van der Waals surface area contributed by atoms with Crippen LogP contribution in [0.5, 0.6) is 17.2 Å². The van der Waals surface area contributed by atoms with Crippen molar-refractivity contribution < 1.29 is 19.0 Å². The second-order valence-electron chi connectivity index (χ2n) is 9.48. The van der Waals surface area contributed by atoms with E-state index in [2.05, 4.69) is 35.0 Å². The summed E-state index contributed by atoms with van der Waals surface area (Å²) in [6, 6.07) is 19.5. The highest BCUT2D eigenvalue weighted by molar-refractivity contribution is 5.92. The van der Waals surface area contributed by atoms with Gasteiger partial charge in [0.25, 0.3) is 0 Å². The topological polar surface area (TPSA) is 54.8 Å². The lowest BCUT2D eigenvalue weighted by Gasteiger charge is -2.37. The summed E-state index contributed by atoms with van der Waals surface area (Å²) in [6.07, 6.45) is 1.56. The van der Waals surface area contributed by atoms with Crippen LogP contribution in [0.15, 0.2) is 66.9 Å². The third-order valence-corrected chi connectivity index (χ3v) is 6.94. The van der Waals surface area contributed by atoms with E-state index in [0.717, 1.165) is 69.9 Å². The van der Waals surface area contributed by atoms with E-state index in [0.29, 0.717) is 6.61 Å². The maximum atomic E-state index is 12.6. The number of phenolic OH excluding ortho intramolecular Hbond substituents is 1. The molecule has 1 N–H and O–H groups in total. The molecule has 6 heteroatoms. The number of likely N-dealkylation sites (tertiary alicyclic amines) is 1. The molecule has 0 spiro atoms. The first-order chi connectivity index (χ1) is 17.1. The van der Waals surface area contributed by atoms with Crippen molar-refractivity contribution in [2.24, 2.45) is 5.92 Å². The highest BCUT2D eigenvalue weighted by atomic mass is 19.1. The molecule has 0 unspecified atom stereocenters. The SMILES string of the molecule is Cc1ccc2c(c1)O[C@@H](c1ccc(OCCN3CC(CF)C3)cc1)c1c-2cnc2cc(O)ccc12. The molecule has 1 fully saturated rings. The number of aromatic nitrogens is 1. The van der Waals surface area contributed by atoms with Gasteiger partial charge in [-0.2, -0.15) is 0 Å². The standard InChI is InChI=1S/C29H27FN2O3/c1-18-2-8-23-25-15-31-26-13-21(33)5-9-24(26)28(25)29(35-27(23)12-18)20-3-6-22(7-4-20)34-11-10-32-16-19(14-30)17-32/h2-9,12-13,15,19,29,33H,10-11,14,16-17H2,1H3/t29-/m0/s1. The lowest BCUT2D eigenvalue weighted by molar-refractivity contribution is 0.0668. The van der Waals surface area contributed by atoms with Crippen LogP contribution in [0.2, 0.25) is 0 Å². The Morgan fingerprint density at radius 1 is 1.06 bits per heavy atom. The van der Waals surface area contributed by atoms with Gasteiger partial charge in [-0.15, -0.1) is 0 Å². The van der Waals surface area contributed by atoms with Crippen LogP contribution in [0.4, 0.5) is 4.39 Å². The Labute approximate surface area is 203 Å². The molecular weight excluding hydrogens is 443 g/mol. The van der Waals surface area contributed by atoms with Crippen LogP contribution in [0.1, 0.15) is 22.8 Å². The molecule has 2 aliphatic heterocycles. The molecule has 6 rings (SSSR count). The van der Waals surface area contributed by atoms with Crippen molar-refractivity contribution in [3.05, 3.63) is 83.6 Å². The number of rotatable bonds is 6. The van der Waals surface area contributed by atoms with Crippen LogP contribution in [-0.2, 0) is 0 Å². The molecule has 1 saturated heterocycles. The predicted molar refractivity (Wildman–Crippen MR) is 134 cm³/mol. The zero-order chi connectivity index (χ0) is 23.9. The van der Waals surface area contributed by atoms with Crippen LogP contribution < -0.4 is 9.47 Å². The molecule has 2 aliphatic rings. The molecule has 4 aromatic rings. The number of halogens is 1. The van der Waals surface area contributed by atoms with Gasteiger partial charge in [0.05, 0.1) is 12.2 Å². The van der Waals surface area contributed by atoms with Gasteiger partial charge < -0.3 is 14.6 Å². The molecule has 0 bridgehead atoms. The number of benzene rings is 3. The molecule has 0 amide bonds. The summed E-state index contributed by atoms with van der Waals surface area (Å²) in [6.45, 7) is 4.84. The van der Waals surface area contributed by atoms with Crippen LogP contribution in [0.3, 0.4) is 0 Å². The molecule has 1 atom stereocenters. The first-order valence-electron chi connectivity index (χ1n) is 12.0. The number of fused-ring (bicyclic) bond motifs is 5. The van der Waals surface area contributed by atoms with Gasteiger partial charge in [0.15, 0.2) is 6.10 Å². The van der Waals surface area contributed by atoms with E-state index < -0.39 is 0 Å². The fourth-order valence-electron chi connectivity index (χ4n) is 5.06. The van der Waals surface area contributed by atoms with E-state index >= 15 is 0 Å². The number of hydrogen-bond acceptors (Lipinski definition) is 5. The van der Waals surface area contributed by atoms with Gasteiger partial charge in [0, 0.05) is 59.9 Å². The molecule has 35 heavy (non-hydrogen) atoms. The summed E-state index contributed by atoms with van der Waals surface area (Å²) >= 11 is 0. The van der Waals surface area contributed by atoms with E-state index in [1.807, 2.05) is 36.5 Å². The maximum Gasteiger partial charge on any atom is 0.150 e. The molecule has 3 heterocycles. The molecule has 0 radical (unpaired) electrons. The van der Waals surface area contributed by atoms with Crippen molar-refractivity contribution in [3.8, 4) is 28.4 Å². The van der Waals surface area contributed by atoms with Crippen LogP contribution >= 0.6 is 0 Å². The van der Waals surface area contributed by atoms with Gasteiger partial charge in [-0.1, -0.05) is 24.3 Å². The lowest BCUT2D eigenvalue weighted by Crippen LogP contribution is -2.49. The minimum absolute atomic E-state index is 0.189. The quantitative estimate of drug-likeness (QED) is 0.393. The lowest BCUT2D eigenvalue weighted by atomic mass is 9.87. The first-order valence-corrected chi connectivity index (χ1v) is 12.0. The largest absolute Gasteiger partial charge is 0.508 e. The fourth-order valence-corrected chi connectivity index (χ4v) is 5.06. The van der Waals surface area contributed by atoms with Crippen molar-refractivity contribution in [2.75, 3.05) is 32.9 Å². The van der Waals surface area contributed by atoms with Crippen LogP contribution in [0.25, 0.3) is 22.0 Å². The monoisotopic (exact) mass is 470 g/mol. The van der Waals surface area contributed by atoms with E-state index in [4.69, 9.17) is 9.47 Å². The van der Waals surface area contributed by atoms with Gasteiger partial charge in [0.2, 0.25) is 0 Å². The Balaban J connectivity index is 1.30. The van der Waals surface area contributed by atoms with Crippen LogP contribution in [0, 0.1) is 12.8 Å². The average molecular weight is 471 g/mol. The van der Waals surface area contributed by atoms with Crippen molar-refractivity contribution in [3.63, 3.8) is 0 Å². The Bertz CT molecular complexity index is 1380. The molecule has 0 saturated carbocycles. The maximum absolute atomic E-state index is 12.6. The van der Waals surface area contributed by atoms with Crippen LogP contribution in [-0.4, -0.2) is 47.9 Å². The number of phenols is 1. The average Bonchev–Trinajstić information content (AvgIpc) is 2.84. The van der Waals surface area contributed by atoms with Crippen molar-refractivity contribution in [1.82, 2.24) is 9.88 Å². The summed E-state index contributed by atoms with van der Waals surface area (Å²) in [5.41, 5.74) is 5.98. The number of alkyl halides is 1. The second-order valence-corrected chi connectivity index (χ2v) is 9.48. The Morgan fingerprint density at radius 2 is 1.89 bits per heavy atom. The zero-order valence-corrected chi connectivity index (χ0v) is 19.6. The fraction of sp³-hybridized carbons (Fsp3) is 0.276. The third kappa shape index (κ3) is 4.08. The van der Waals surface area contributed by atoms with E-state index in [1.54, 1.807) is 12.1 Å². The van der Waals surface area contributed by atoms with Crippen molar-refractivity contribution >= 4 is 10.9 Å². The molecule has 3 aromatic carbocycles. The van der Waals surface area contributed by atoms with Gasteiger partial charge >= 0.3 is 0 Å². The number of aryl methyl sites for hydroxylation is 1. The van der Waals surface area contributed by atoms with Crippen molar-refractivity contribution in [1.29, 1.82) is 0 Å². The Morgan fingerprint density at radius 3 is 2.69 bits per heavy atom. The molecule has 178 valence electrons. The number of pyridine rings is 1. The normalized spacial score (nSPS) is 17.4. The molecular formula is C29H27FN2O3. The Kier molecular flexibility index (Phi) is 5.53. The predicted octanol–water partition coefficient (Wildman–Crippen LogP) is 5.68. The molecule has 1 aromatic heterocycles. The summed E-state index contributed by atoms with van der Waals surface area (Å²) in [7, 11) is 0. The minimum atomic E-state index is -0.317. The van der Waals surface area contributed by atoms with E-state index in [9.17, 15) is 9.50 Å². The molecule has 5 nitrogen and oxygen atoms in total. The van der Waals surface area contributed by atoms with Crippen molar-refractivity contribution in [2.45, 2.75) is 13.0 Å². The highest BCUT2D eigenvalue weighted by Crippen LogP contribution is 2.47. The van der Waals surface area contributed by atoms with Gasteiger partial charge in [-0.3, -0.25) is 14.3 Å². The number of aromatic hydroxyl groups is 1.